The Morgan fingerprint density at radius 3 is 2.44 bits per heavy atom. The molecule has 0 saturated carbocycles. The molecule has 11 heteroatoms. The molecule has 0 unspecified atom stereocenters. The van der Waals surface area contributed by atoms with Crippen LogP contribution in [0.1, 0.15) is 28.6 Å². The number of guanidine groups is 1. The summed E-state index contributed by atoms with van der Waals surface area (Å²) in [6.07, 6.45) is -3.05. The number of piperazine rings is 1. The summed E-state index contributed by atoms with van der Waals surface area (Å²) >= 11 is 0. The van der Waals surface area contributed by atoms with Crippen molar-refractivity contribution >= 4 is 35.8 Å². The van der Waals surface area contributed by atoms with E-state index in [-0.39, 0.29) is 53.5 Å². The number of alkyl halides is 3. The third-order valence-corrected chi connectivity index (χ3v) is 4.95. The molecule has 1 saturated heterocycles. The Hall–Kier alpha value is -2.44. The van der Waals surface area contributed by atoms with Gasteiger partial charge < -0.3 is 24.3 Å². The second-order valence-electron chi connectivity index (χ2n) is 6.95. The largest absolute Gasteiger partial charge is 0.497 e. The van der Waals surface area contributed by atoms with Crippen LogP contribution in [0.25, 0.3) is 0 Å². The van der Waals surface area contributed by atoms with Crippen LogP contribution >= 0.6 is 24.0 Å². The molecular weight excluding hydrogens is 540 g/mol. The molecular formula is C21H26F3IN4O3. The van der Waals surface area contributed by atoms with Gasteiger partial charge in [-0.15, -0.1) is 24.0 Å². The van der Waals surface area contributed by atoms with Gasteiger partial charge in [0, 0.05) is 32.7 Å². The summed E-state index contributed by atoms with van der Waals surface area (Å²) in [4.78, 5) is 20.5. The van der Waals surface area contributed by atoms with Gasteiger partial charge in [-0.1, -0.05) is 6.07 Å². The summed E-state index contributed by atoms with van der Waals surface area (Å²) in [5.41, 5.74) is -0.698. The van der Waals surface area contributed by atoms with E-state index >= 15 is 0 Å². The molecule has 1 amide bonds. The molecule has 0 spiro atoms. The highest BCUT2D eigenvalue weighted by atomic mass is 127. The van der Waals surface area contributed by atoms with Crippen molar-refractivity contribution in [2.24, 2.45) is 4.99 Å². The molecule has 32 heavy (non-hydrogen) atoms. The van der Waals surface area contributed by atoms with E-state index in [1.165, 1.54) is 25.5 Å². The maximum absolute atomic E-state index is 13.5. The average Bonchev–Trinajstić information content (AvgIpc) is 3.30. The maximum Gasteiger partial charge on any atom is 0.416 e. The molecule has 2 heterocycles. The minimum atomic E-state index is -4.50. The number of ether oxygens (including phenoxy) is 1. The molecule has 1 aliphatic heterocycles. The Kier molecular flexibility index (Phi) is 9.22. The van der Waals surface area contributed by atoms with Crippen molar-refractivity contribution in [3.63, 3.8) is 0 Å². The Morgan fingerprint density at radius 1 is 1.19 bits per heavy atom. The van der Waals surface area contributed by atoms with Crippen LogP contribution < -0.4 is 10.1 Å². The number of benzene rings is 1. The summed E-state index contributed by atoms with van der Waals surface area (Å²) in [7, 11) is 1.33. The van der Waals surface area contributed by atoms with Crippen LogP contribution in [0.15, 0.2) is 46.0 Å². The lowest BCUT2D eigenvalue weighted by atomic mass is 10.1. The number of carbonyl (C=O) groups is 1. The van der Waals surface area contributed by atoms with Gasteiger partial charge >= 0.3 is 6.18 Å². The first-order chi connectivity index (χ1) is 14.8. The first-order valence-electron chi connectivity index (χ1n) is 9.93. The van der Waals surface area contributed by atoms with Gasteiger partial charge in [-0.25, -0.2) is 4.99 Å². The number of halogens is 4. The molecule has 176 valence electrons. The smallest absolute Gasteiger partial charge is 0.416 e. The molecule has 1 aromatic carbocycles. The first kappa shape index (κ1) is 25.8. The lowest BCUT2D eigenvalue weighted by Crippen LogP contribution is -2.53. The van der Waals surface area contributed by atoms with Gasteiger partial charge in [0.15, 0.2) is 11.7 Å². The summed E-state index contributed by atoms with van der Waals surface area (Å²) in [6, 6.07) is 7.14. The van der Waals surface area contributed by atoms with Gasteiger partial charge in [-0.05, 0) is 36.8 Å². The number of hydrogen-bond donors (Lipinski definition) is 1. The van der Waals surface area contributed by atoms with E-state index in [1.807, 2.05) is 11.8 Å². The van der Waals surface area contributed by atoms with Crippen molar-refractivity contribution in [3.05, 3.63) is 53.5 Å². The van der Waals surface area contributed by atoms with Gasteiger partial charge in [0.25, 0.3) is 5.91 Å². The second kappa shape index (κ2) is 11.4. The zero-order valence-corrected chi connectivity index (χ0v) is 20.1. The number of aliphatic imine (C=N–C) groups is 1. The minimum absolute atomic E-state index is 0. The lowest BCUT2D eigenvalue weighted by molar-refractivity contribution is -0.138. The molecule has 1 N–H and O–H groups in total. The molecule has 0 bridgehead atoms. The van der Waals surface area contributed by atoms with E-state index in [1.54, 1.807) is 17.0 Å². The molecule has 7 nitrogen and oxygen atoms in total. The van der Waals surface area contributed by atoms with Gasteiger partial charge in [0.2, 0.25) is 0 Å². The van der Waals surface area contributed by atoms with Gasteiger partial charge in [-0.3, -0.25) is 4.79 Å². The number of methoxy groups -OCH3 is 1. The number of amides is 1. The number of furan rings is 1. The molecule has 0 atom stereocenters. The summed E-state index contributed by atoms with van der Waals surface area (Å²) < 4.78 is 50.4. The topological polar surface area (TPSA) is 70.3 Å². The molecule has 0 radical (unpaired) electrons. The van der Waals surface area contributed by atoms with Crippen molar-refractivity contribution in [1.29, 1.82) is 0 Å². The fraction of sp³-hybridized carbons (Fsp3) is 0.429. The second-order valence-corrected chi connectivity index (χ2v) is 6.95. The predicted octanol–water partition coefficient (Wildman–Crippen LogP) is 3.85. The Morgan fingerprint density at radius 2 is 1.88 bits per heavy atom. The van der Waals surface area contributed by atoms with Crippen LogP contribution in [-0.2, 0) is 12.7 Å². The van der Waals surface area contributed by atoms with E-state index in [4.69, 9.17) is 9.15 Å². The quantitative estimate of drug-likeness (QED) is 0.339. The van der Waals surface area contributed by atoms with Gasteiger partial charge in [0.05, 0.1) is 25.5 Å². The highest BCUT2D eigenvalue weighted by molar-refractivity contribution is 14.0. The average molecular weight is 566 g/mol. The minimum Gasteiger partial charge on any atom is -0.497 e. The van der Waals surface area contributed by atoms with Crippen molar-refractivity contribution in [2.45, 2.75) is 19.6 Å². The molecule has 1 fully saturated rings. The standard InChI is InChI=1S/C21H25F3N4O3.HI/c1-3-25-20(26-14-15-6-7-16(30-2)13-17(15)21(22,23)24)28-10-8-27(9-11-28)19(29)18-5-4-12-31-18;/h4-7,12-13H,3,8-11,14H2,1-2H3,(H,25,26);1H. The number of nitrogens with zero attached hydrogens (tertiary/aromatic N) is 3. The van der Waals surface area contributed by atoms with Crippen LogP contribution in [0.2, 0.25) is 0 Å². The molecule has 2 aromatic rings. The van der Waals surface area contributed by atoms with E-state index in [0.717, 1.165) is 6.07 Å². The highest BCUT2D eigenvalue weighted by Gasteiger charge is 2.34. The van der Waals surface area contributed by atoms with E-state index in [2.05, 4.69) is 10.3 Å². The number of rotatable bonds is 5. The number of carbonyl (C=O) groups excluding carboxylic acids is 1. The van der Waals surface area contributed by atoms with Crippen LogP contribution in [-0.4, -0.2) is 61.5 Å². The predicted molar refractivity (Wildman–Crippen MR) is 124 cm³/mol. The zero-order valence-electron chi connectivity index (χ0n) is 17.8. The highest BCUT2D eigenvalue weighted by Crippen LogP contribution is 2.34. The summed E-state index contributed by atoms with van der Waals surface area (Å²) in [5.74, 6) is 0.758. The van der Waals surface area contributed by atoms with Crippen molar-refractivity contribution in [1.82, 2.24) is 15.1 Å². The maximum atomic E-state index is 13.5. The fourth-order valence-electron chi connectivity index (χ4n) is 3.35. The zero-order chi connectivity index (χ0) is 22.4. The van der Waals surface area contributed by atoms with Gasteiger partial charge in [-0.2, -0.15) is 13.2 Å². The molecule has 0 aliphatic carbocycles. The third kappa shape index (κ3) is 6.30. The molecule has 3 rings (SSSR count). The van der Waals surface area contributed by atoms with Crippen LogP contribution in [0.5, 0.6) is 5.75 Å². The SMILES string of the molecule is CCNC(=NCc1ccc(OC)cc1C(F)(F)F)N1CCN(C(=O)c2ccco2)CC1.I. The van der Waals surface area contributed by atoms with E-state index in [0.29, 0.717) is 38.7 Å². The Labute approximate surface area is 201 Å². The monoisotopic (exact) mass is 566 g/mol. The van der Waals surface area contributed by atoms with Crippen LogP contribution in [0.3, 0.4) is 0 Å². The Bertz CT molecular complexity index is 912. The lowest BCUT2D eigenvalue weighted by Gasteiger charge is -2.36. The van der Waals surface area contributed by atoms with Crippen molar-refractivity contribution in [3.8, 4) is 5.75 Å². The summed E-state index contributed by atoms with van der Waals surface area (Å²) in [5, 5.41) is 3.12. The van der Waals surface area contributed by atoms with Crippen molar-refractivity contribution < 1.29 is 27.1 Å². The normalized spacial score (nSPS) is 14.7. The molecule has 1 aliphatic rings. The molecule has 1 aromatic heterocycles. The van der Waals surface area contributed by atoms with Crippen LogP contribution in [0.4, 0.5) is 13.2 Å². The number of nitrogens with one attached hydrogen (secondary N) is 1. The van der Waals surface area contributed by atoms with Crippen molar-refractivity contribution in [2.75, 3.05) is 39.8 Å². The summed E-state index contributed by atoms with van der Waals surface area (Å²) in [6.45, 7) is 4.26. The Balaban J connectivity index is 0.00000363. The first-order valence-corrected chi connectivity index (χ1v) is 9.93. The van der Waals surface area contributed by atoms with E-state index in [9.17, 15) is 18.0 Å². The fourth-order valence-corrected chi connectivity index (χ4v) is 3.35. The van der Waals surface area contributed by atoms with Gasteiger partial charge in [0.1, 0.15) is 5.75 Å². The van der Waals surface area contributed by atoms with E-state index < -0.39 is 11.7 Å². The van der Waals surface area contributed by atoms with Crippen LogP contribution in [0, 0.1) is 0 Å². The number of hydrogen-bond acceptors (Lipinski definition) is 4. The third-order valence-electron chi connectivity index (χ3n) is 4.95.